The maximum atomic E-state index is 11.7. The van der Waals surface area contributed by atoms with Crippen molar-refractivity contribution in [2.75, 3.05) is 30.5 Å². The van der Waals surface area contributed by atoms with Gasteiger partial charge in [-0.3, -0.25) is 14.4 Å². The first kappa shape index (κ1) is 15.8. The summed E-state index contributed by atoms with van der Waals surface area (Å²) in [5, 5.41) is 2.69. The minimum atomic E-state index is -0.430. The fraction of sp³-hybridized carbons (Fsp3) is 0.400. The van der Waals surface area contributed by atoms with Gasteiger partial charge in [0.1, 0.15) is 5.75 Å². The lowest BCUT2D eigenvalue weighted by atomic mass is 10.2. The van der Waals surface area contributed by atoms with Gasteiger partial charge in [0.05, 0.1) is 19.2 Å². The van der Waals surface area contributed by atoms with Gasteiger partial charge in [-0.05, 0) is 19.1 Å². The highest BCUT2D eigenvalue weighted by molar-refractivity contribution is 5.99. The van der Waals surface area contributed by atoms with Crippen molar-refractivity contribution < 1.29 is 23.9 Å². The van der Waals surface area contributed by atoms with E-state index in [9.17, 15) is 14.4 Å². The molecular formula is C15H18N2O5. The summed E-state index contributed by atoms with van der Waals surface area (Å²) in [5.41, 5.74) is 1.24. The summed E-state index contributed by atoms with van der Waals surface area (Å²) in [6.07, 6.45) is 0.0755. The zero-order valence-electron chi connectivity index (χ0n) is 12.5. The smallest absolute Gasteiger partial charge is 0.306 e. The van der Waals surface area contributed by atoms with Crippen LogP contribution in [0.15, 0.2) is 18.2 Å². The first-order valence-corrected chi connectivity index (χ1v) is 6.99. The number of rotatable bonds is 5. The van der Waals surface area contributed by atoms with Gasteiger partial charge < -0.3 is 19.7 Å². The van der Waals surface area contributed by atoms with Crippen molar-refractivity contribution in [3.63, 3.8) is 0 Å². The molecule has 22 heavy (non-hydrogen) atoms. The third-order valence-corrected chi connectivity index (χ3v) is 3.29. The van der Waals surface area contributed by atoms with Crippen molar-refractivity contribution in [3.05, 3.63) is 18.2 Å². The van der Waals surface area contributed by atoms with Gasteiger partial charge in [0, 0.05) is 24.7 Å². The Bertz CT molecular complexity index is 600. The highest BCUT2D eigenvalue weighted by Gasteiger charge is 2.24. The number of carbonyl (C=O) groups excluding carboxylic acids is 3. The van der Waals surface area contributed by atoms with E-state index in [1.165, 1.54) is 7.11 Å². The van der Waals surface area contributed by atoms with Crippen LogP contribution < -0.4 is 15.0 Å². The second kappa shape index (κ2) is 6.93. The van der Waals surface area contributed by atoms with Gasteiger partial charge in [-0.2, -0.15) is 0 Å². The second-order valence-corrected chi connectivity index (χ2v) is 4.73. The molecule has 0 spiro atoms. The van der Waals surface area contributed by atoms with E-state index in [4.69, 9.17) is 4.74 Å². The molecular weight excluding hydrogens is 288 g/mol. The quantitative estimate of drug-likeness (QED) is 0.829. The summed E-state index contributed by atoms with van der Waals surface area (Å²) in [6, 6.07) is 5.09. The van der Waals surface area contributed by atoms with Crippen molar-refractivity contribution in [2.45, 2.75) is 19.8 Å². The molecule has 1 heterocycles. The fourth-order valence-electron chi connectivity index (χ4n) is 2.17. The zero-order chi connectivity index (χ0) is 16.1. The summed E-state index contributed by atoms with van der Waals surface area (Å²) in [6.45, 7) is 2.43. The van der Waals surface area contributed by atoms with E-state index in [1.807, 2.05) is 6.92 Å². The van der Waals surface area contributed by atoms with Crippen LogP contribution in [0.3, 0.4) is 0 Å². The molecule has 118 valence electrons. The van der Waals surface area contributed by atoms with Gasteiger partial charge in [0.2, 0.25) is 5.91 Å². The number of nitrogens with one attached hydrogen (secondary N) is 1. The molecule has 0 aromatic heterocycles. The van der Waals surface area contributed by atoms with Gasteiger partial charge in [-0.25, -0.2) is 0 Å². The third-order valence-electron chi connectivity index (χ3n) is 3.29. The number of methoxy groups -OCH3 is 1. The van der Waals surface area contributed by atoms with Crippen LogP contribution in [0.2, 0.25) is 0 Å². The average molecular weight is 306 g/mol. The summed E-state index contributed by atoms with van der Waals surface area (Å²) >= 11 is 0. The Labute approximate surface area is 128 Å². The third kappa shape index (κ3) is 3.55. The van der Waals surface area contributed by atoms with Gasteiger partial charge in [0.25, 0.3) is 5.91 Å². The number of benzene rings is 1. The Hall–Kier alpha value is -2.57. The van der Waals surface area contributed by atoms with Crippen LogP contribution in [-0.2, 0) is 19.1 Å². The number of carbonyl (C=O) groups is 3. The molecule has 1 aromatic carbocycles. The molecule has 2 amide bonds. The molecule has 0 atom stereocenters. The fourth-order valence-corrected chi connectivity index (χ4v) is 2.17. The second-order valence-electron chi connectivity index (χ2n) is 4.73. The minimum Gasteiger partial charge on any atom is -0.481 e. The van der Waals surface area contributed by atoms with Crippen LogP contribution >= 0.6 is 0 Å². The lowest BCUT2D eigenvalue weighted by Crippen LogP contribution is -2.38. The molecule has 0 fully saturated rings. The van der Waals surface area contributed by atoms with Crippen molar-refractivity contribution in [1.29, 1.82) is 0 Å². The normalized spacial score (nSPS) is 13.2. The van der Waals surface area contributed by atoms with Crippen LogP contribution in [0.1, 0.15) is 19.8 Å². The Morgan fingerprint density at radius 2 is 2.14 bits per heavy atom. The van der Waals surface area contributed by atoms with E-state index >= 15 is 0 Å². The maximum Gasteiger partial charge on any atom is 0.306 e. The summed E-state index contributed by atoms with van der Waals surface area (Å²) < 4.78 is 9.87. The Kier molecular flexibility index (Phi) is 4.98. The first-order chi connectivity index (χ1) is 10.5. The lowest BCUT2D eigenvalue weighted by molar-refractivity contribution is -0.141. The predicted octanol–water partition coefficient (Wildman–Crippen LogP) is 1.32. The Morgan fingerprint density at radius 3 is 2.82 bits per heavy atom. The number of nitrogens with zero attached hydrogens (tertiary/aromatic N) is 1. The van der Waals surface area contributed by atoms with Crippen LogP contribution in [0.4, 0.5) is 11.4 Å². The molecule has 0 saturated carbocycles. The van der Waals surface area contributed by atoms with Crippen molar-refractivity contribution >= 4 is 29.2 Å². The number of fused-ring (bicyclic) bond motifs is 1. The number of hydrogen-bond acceptors (Lipinski definition) is 5. The van der Waals surface area contributed by atoms with Gasteiger partial charge >= 0.3 is 5.97 Å². The number of amides is 2. The molecule has 0 unspecified atom stereocenters. The van der Waals surface area contributed by atoms with Crippen molar-refractivity contribution in [2.24, 2.45) is 0 Å². The highest BCUT2D eigenvalue weighted by Crippen LogP contribution is 2.34. The molecule has 1 aliphatic rings. The van der Waals surface area contributed by atoms with Crippen molar-refractivity contribution in [3.8, 4) is 5.75 Å². The highest BCUT2D eigenvalue weighted by atomic mass is 16.5. The van der Waals surface area contributed by atoms with E-state index in [0.717, 1.165) is 0 Å². The Morgan fingerprint density at radius 1 is 1.36 bits per heavy atom. The number of hydrogen-bond donors (Lipinski definition) is 1. The Balaban J connectivity index is 2.04. The number of esters is 1. The average Bonchev–Trinajstić information content (AvgIpc) is 2.52. The molecule has 0 bridgehead atoms. The first-order valence-electron chi connectivity index (χ1n) is 6.99. The van der Waals surface area contributed by atoms with E-state index in [-0.39, 0.29) is 31.3 Å². The summed E-state index contributed by atoms with van der Waals surface area (Å²) in [5.74, 6) is -0.261. The number of anilines is 2. The summed E-state index contributed by atoms with van der Waals surface area (Å²) in [7, 11) is 1.28. The molecule has 0 radical (unpaired) electrons. The van der Waals surface area contributed by atoms with Crippen LogP contribution in [0, 0.1) is 0 Å². The number of likely N-dealkylation sites (N-methyl/N-ethyl adjacent to an activating group) is 1. The molecule has 1 aromatic rings. The van der Waals surface area contributed by atoms with E-state index < -0.39 is 5.97 Å². The SMILES string of the molecule is CCN1C(=O)COc2cc(NC(=O)CCC(=O)OC)ccc21. The van der Waals surface area contributed by atoms with Crippen LogP contribution in [-0.4, -0.2) is 38.0 Å². The molecule has 0 aliphatic carbocycles. The van der Waals surface area contributed by atoms with Gasteiger partial charge in [0.15, 0.2) is 6.61 Å². The molecule has 1 N–H and O–H groups in total. The minimum absolute atomic E-state index is 0.0133. The van der Waals surface area contributed by atoms with Gasteiger partial charge in [-0.1, -0.05) is 0 Å². The number of ether oxygens (including phenoxy) is 2. The molecule has 1 aliphatic heterocycles. The monoisotopic (exact) mass is 306 g/mol. The predicted molar refractivity (Wildman–Crippen MR) is 79.8 cm³/mol. The topological polar surface area (TPSA) is 84.9 Å². The van der Waals surface area contributed by atoms with Crippen molar-refractivity contribution in [1.82, 2.24) is 0 Å². The van der Waals surface area contributed by atoms with E-state index in [2.05, 4.69) is 10.1 Å². The van der Waals surface area contributed by atoms with E-state index in [1.54, 1.807) is 23.1 Å². The lowest BCUT2D eigenvalue weighted by Gasteiger charge is -2.28. The maximum absolute atomic E-state index is 11.7. The summed E-state index contributed by atoms with van der Waals surface area (Å²) in [4.78, 5) is 36.1. The van der Waals surface area contributed by atoms with E-state index in [0.29, 0.717) is 23.7 Å². The van der Waals surface area contributed by atoms with Crippen LogP contribution in [0.5, 0.6) is 5.75 Å². The van der Waals surface area contributed by atoms with Gasteiger partial charge in [-0.15, -0.1) is 0 Å². The zero-order valence-corrected chi connectivity index (χ0v) is 12.5. The molecule has 0 saturated heterocycles. The standard InChI is InChI=1S/C15H18N2O5/c1-3-17-11-5-4-10(8-12(11)22-9-14(17)19)16-13(18)6-7-15(20)21-2/h4-5,8H,3,6-7,9H2,1-2H3,(H,16,18). The molecule has 7 nitrogen and oxygen atoms in total. The molecule has 7 heteroatoms. The van der Waals surface area contributed by atoms with Crippen LogP contribution in [0.25, 0.3) is 0 Å². The largest absolute Gasteiger partial charge is 0.481 e. The molecule has 2 rings (SSSR count).